The Balaban J connectivity index is 1.95. The van der Waals surface area contributed by atoms with E-state index in [9.17, 15) is 14.9 Å². The van der Waals surface area contributed by atoms with Gasteiger partial charge in [0.25, 0.3) is 5.69 Å². The third-order valence-electron chi connectivity index (χ3n) is 4.02. The molecule has 0 bridgehead atoms. The molecule has 0 unspecified atom stereocenters. The summed E-state index contributed by atoms with van der Waals surface area (Å²) in [5.74, 6) is 0.698. The molecular formula is C22H16ClNO5. The quantitative estimate of drug-likeness (QED) is 0.168. The number of ketones is 1. The van der Waals surface area contributed by atoms with Gasteiger partial charge in [-0.15, -0.1) is 0 Å². The lowest BCUT2D eigenvalue weighted by Crippen LogP contribution is -2.09. The van der Waals surface area contributed by atoms with Crippen molar-refractivity contribution in [1.82, 2.24) is 0 Å². The first-order chi connectivity index (χ1) is 14.0. The molecule has 0 saturated carbocycles. The van der Waals surface area contributed by atoms with E-state index in [0.29, 0.717) is 22.1 Å². The smallest absolute Gasteiger partial charge is 0.269 e. The summed E-state index contributed by atoms with van der Waals surface area (Å²) in [6, 6.07) is 19.0. The van der Waals surface area contributed by atoms with Gasteiger partial charge in [0.1, 0.15) is 11.5 Å². The molecule has 0 aliphatic carbocycles. The van der Waals surface area contributed by atoms with Gasteiger partial charge < -0.3 is 9.47 Å². The van der Waals surface area contributed by atoms with E-state index in [1.54, 1.807) is 61.7 Å². The molecule has 0 atom stereocenters. The number of nitro benzene ring substituents is 1. The van der Waals surface area contributed by atoms with E-state index < -0.39 is 4.92 Å². The van der Waals surface area contributed by atoms with Crippen LogP contribution >= 0.6 is 11.6 Å². The minimum Gasteiger partial charge on any atom is -0.497 e. The lowest BCUT2D eigenvalue weighted by molar-refractivity contribution is -0.384. The Morgan fingerprint density at radius 1 is 0.931 bits per heavy atom. The number of allylic oxidation sites excluding steroid dienone is 1. The number of halogens is 1. The maximum absolute atomic E-state index is 13.0. The average Bonchev–Trinajstić information content (AvgIpc) is 2.74. The molecule has 0 N–H and O–H groups in total. The van der Waals surface area contributed by atoms with Crippen molar-refractivity contribution in [2.24, 2.45) is 0 Å². The molecule has 146 valence electrons. The summed E-state index contributed by atoms with van der Waals surface area (Å²) in [5.41, 5.74) is 1.06. The molecule has 0 amide bonds. The molecule has 0 spiro atoms. The maximum atomic E-state index is 13.0. The summed E-state index contributed by atoms with van der Waals surface area (Å²) in [5, 5.41) is 11.3. The molecule has 0 aliphatic heterocycles. The monoisotopic (exact) mass is 409 g/mol. The zero-order chi connectivity index (χ0) is 20.8. The van der Waals surface area contributed by atoms with Gasteiger partial charge >= 0.3 is 0 Å². The highest BCUT2D eigenvalue weighted by molar-refractivity contribution is 6.30. The van der Waals surface area contributed by atoms with Crippen molar-refractivity contribution in [2.75, 3.05) is 7.11 Å². The number of nitrogens with zero attached hydrogens (tertiary/aromatic N) is 1. The molecular weight excluding hydrogens is 394 g/mol. The summed E-state index contributed by atoms with van der Waals surface area (Å²) in [7, 11) is 1.57. The highest BCUT2D eigenvalue weighted by Gasteiger charge is 2.16. The van der Waals surface area contributed by atoms with E-state index in [1.807, 2.05) is 0 Å². The maximum Gasteiger partial charge on any atom is 0.269 e. The Hall–Kier alpha value is -3.64. The minimum absolute atomic E-state index is 0.0614. The fourth-order valence-corrected chi connectivity index (χ4v) is 2.63. The largest absolute Gasteiger partial charge is 0.497 e. The van der Waals surface area contributed by atoms with Gasteiger partial charge in [0.15, 0.2) is 5.76 Å². The first kappa shape index (κ1) is 20.1. The van der Waals surface area contributed by atoms with Crippen LogP contribution in [0.3, 0.4) is 0 Å². The Morgan fingerprint density at radius 3 is 2.07 bits per heavy atom. The number of carbonyl (C=O) groups excluding carboxylic acids is 1. The van der Waals surface area contributed by atoms with Crippen molar-refractivity contribution < 1.29 is 19.2 Å². The number of nitro groups is 1. The molecule has 3 aromatic carbocycles. The number of hydrogen-bond acceptors (Lipinski definition) is 5. The summed E-state index contributed by atoms with van der Waals surface area (Å²) < 4.78 is 10.9. The number of rotatable bonds is 7. The summed E-state index contributed by atoms with van der Waals surface area (Å²) in [6.07, 6.45) is 1.60. The molecule has 7 heteroatoms. The topological polar surface area (TPSA) is 78.7 Å². The van der Waals surface area contributed by atoms with Crippen molar-refractivity contribution in [3.63, 3.8) is 0 Å². The van der Waals surface area contributed by atoms with Crippen LogP contribution in [0.5, 0.6) is 11.5 Å². The van der Waals surface area contributed by atoms with Gasteiger partial charge in [-0.05, 0) is 60.2 Å². The Kier molecular flexibility index (Phi) is 6.26. The fourth-order valence-electron chi connectivity index (χ4n) is 2.50. The van der Waals surface area contributed by atoms with Gasteiger partial charge in [0, 0.05) is 22.7 Å². The van der Waals surface area contributed by atoms with E-state index >= 15 is 0 Å². The molecule has 3 rings (SSSR count). The van der Waals surface area contributed by atoms with Gasteiger partial charge in [-0.25, -0.2) is 0 Å². The van der Waals surface area contributed by atoms with Crippen LogP contribution in [0.1, 0.15) is 15.9 Å². The number of non-ortho nitro benzene ring substituents is 1. The molecule has 0 heterocycles. The van der Waals surface area contributed by atoms with Gasteiger partial charge in [-0.2, -0.15) is 0 Å². The number of methoxy groups -OCH3 is 1. The first-order valence-corrected chi connectivity index (χ1v) is 8.92. The Labute approximate surface area is 172 Å². The SMILES string of the molecule is COc1ccc(/C=C(/Oc2ccc([N+](=O)[O-])cc2)C(=O)c2ccc(Cl)cc2)cc1. The van der Waals surface area contributed by atoms with Crippen LogP contribution in [-0.2, 0) is 0 Å². The zero-order valence-electron chi connectivity index (χ0n) is 15.4. The van der Waals surface area contributed by atoms with E-state index in [1.165, 1.54) is 24.3 Å². The summed E-state index contributed by atoms with van der Waals surface area (Å²) in [6.45, 7) is 0. The minimum atomic E-state index is -0.503. The van der Waals surface area contributed by atoms with Gasteiger partial charge in [0.2, 0.25) is 5.78 Å². The van der Waals surface area contributed by atoms with Crippen LogP contribution in [0.15, 0.2) is 78.6 Å². The van der Waals surface area contributed by atoms with Crippen LogP contribution in [0.25, 0.3) is 6.08 Å². The van der Waals surface area contributed by atoms with Crippen LogP contribution in [0.2, 0.25) is 5.02 Å². The molecule has 0 saturated heterocycles. The van der Waals surface area contributed by atoms with Gasteiger partial charge in [0.05, 0.1) is 12.0 Å². The highest BCUT2D eigenvalue weighted by atomic mass is 35.5. The summed E-state index contributed by atoms with van der Waals surface area (Å²) in [4.78, 5) is 23.3. The van der Waals surface area contributed by atoms with E-state index in [-0.39, 0.29) is 17.2 Å². The van der Waals surface area contributed by atoms with Crippen molar-refractivity contribution >= 4 is 29.1 Å². The number of hydrogen-bond donors (Lipinski definition) is 0. The number of carbonyl (C=O) groups is 1. The van der Waals surface area contributed by atoms with Crippen LogP contribution in [-0.4, -0.2) is 17.8 Å². The number of benzene rings is 3. The molecule has 29 heavy (non-hydrogen) atoms. The standard InChI is InChI=1S/C22H16ClNO5/c1-28-19-10-2-15(3-11-19)14-21(22(25)16-4-6-17(23)7-5-16)29-20-12-8-18(9-13-20)24(26)27/h2-14H,1H3/b21-14+. The second kappa shape index (κ2) is 9.03. The average molecular weight is 410 g/mol. The fraction of sp³-hybridized carbons (Fsp3) is 0.0455. The second-order valence-electron chi connectivity index (χ2n) is 5.97. The summed E-state index contributed by atoms with van der Waals surface area (Å²) >= 11 is 5.90. The molecule has 0 aliphatic rings. The van der Waals surface area contributed by atoms with Gasteiger partial charge in [-0.1, -0.05) is 23.7 Å². The Bertz CT molecular complexity index is 1040. The lowest BCUT2D eigenvalue weighted by Gasteiger charge is -2.10. The van der Waals surface area contributed by atoms with Crippen molar-refractivity contribution in [1.29, 1.82) is 0 Å². The third kappa shape index (κ3) is 5.21. The highest BCUT2D eigenvalue weighted by Crippen LogP contribution is 2.23. The molecule has 3 aromatic rings. The first-order valence-electron chi connectivity index (χ1n) is 8.54. The van der Waals surface area contributed by atoms with Crippen LogP contribution in [0.4, 0.5) is 5.69 Å². The molecule has 0 radical (unpaired) electrons. The van der Waals surface area contributed by atoms with Gasteiger partial charge in [-0.3, -0.25) is 14.9 Å². The third-order valence-corrected chi connectivity index (χ3v) is 4.27. The van der Waals surface area contributed by atoms with E-state index in [2.05, 4.69) is 0 Å². The number of Topliss-reactive ketones (excluding diaryl/α,β-unsaturated/α-hetero) is 1. The van der Waals surface area contributed by atoms with Crippen molar-refractivity contribution in [2.45, 2.75) is 0 Å². The normalized spacial score (nSPS) is 11.0. The second-order valence-corrected chi connectivity index (χ2v) is 6.41. The predicted octanol–water partition coefficient (Wildman–Crippen LogP) is 5.56. The lowest BCUT2D eigenvalue weighted by atomic mass is 10.1. The zero-order valence-corrected chi connectivity index (χ0v) is 16.1. The molecule has 0 fully saturated rings. The molecule has 0 aromatic heterocycles. The van der Waals surface area contributed by atoms with Crippen LogP contribution < -0.4 is 9.47 Å². The molecule has 6 nitrogen and oxygen atoms in total. The predicted molar refractivity (Wildman–Crippen MR) is 110 cm³/mol. The van der Waals surface area contributed by atoms with Crippen molar-refractivity contribution in [3.8, 4) is 11.5 Å². The van der Waals surface area contributed by atoms with E-state index in [4.69, 9.17) is 21.1 Å². The Morgan fingerprint density at radius 2 is 1.52 bits per heavy atom. The van der Waals surface area contributed by atoms with Crippen LogP contribution in [0, 0.1) is 10.1 Å². The van der Waals surface area contributed by atoms with Crippen molar-refractivity contribution in [3.05, 3.63) is 105 Å². The van der Waals surface area contributed by atoms with E-state index in [0.717, 1.165) is 5.56 Å². The number of ether oxygens (including phenoxy) is 2.